The number of amides is 2. The maximum absolute atomic E-state index is 13.0. The van der Waals surface area contributed by atoms with Crippen LogP contribution in [0.2, 0.25) is 0 Å². The van der Waals surface area contributed by atoms with Gasteiger partial charge in [-0.2, -0.15) is 0 Å². The van der Waals surface area contributed by atoms with Crippen LogP contribution in [0.5, 0.6) is 5.75 Å². The van der Waals surface area contributed by atoms with Gasteiger partial charge >= 0.3 is 5.91 Å². The molecular formula is C27H29N4O3+. The molecule has 0 aromatic heterocycles. The third-order valence-corrected chi connectivity index (χ3v) is 5.86. The highest BCUT2D eigenvalue weighted by Gasteiger charge is 2.47. The largest absolute Gasteiger partial charge is 0.497 e. The number of hydrogen-bond acceptors (Lipinski definition) is 4. The number of nitrogens with zero attached hydrogens (tertiary/aromatic N) is 2. The van der Waals surface area contributed by atoms with E-state index in [1.54, 1.807) is 23.9 Å². The molecule has 0 aliphatic carbocycles. The van der Waals surface area contributed by atoms with Crippen molar-refractivity contribution in [2.45, 2.75) is 19.0 Å². The summed E-state index contributed by atoms with van der Waals surface area (Å²) in [7, 11) is 5.58. The number of hydrazine groups is 1. The zero-order valence-corrected chi connectivity index (χ0v) is 19.8. The van der Waals surface area contributed by atoms with Crippen molar-refractivity contribution in [2.24, 2.45) is 0 Å². The molecule has 0 bridgehead atoms. The van der Waals surface area contributed by atoms with E-state index in [1.807, 2.05) is 92.8 Å². The maximum atomic E-state index is 13.0. The summed E-state index contributed by atoms with van der Waals surface area (Å²) in [6.07, 6.45) is 1.88. The first-order valence-corrected chi connectivity index (χ1v) is 11.1. The lowest BCUT2D eigenvalue weighted by Crippen LogP contribution is -2.42. The number of benzene rings is 3. The van der Waals surface area contributed by atoms with Crippen molar-refractivity contribution in [2.75, 3.05) is 26.1 Å². The molecule has 3 aromatic carbocycles. The number of hydrazone groups is 1. The Bertz CT molecular complexity index is 1220. The Labute approximate surface area is 199 Å². The monoisotopic (exact) mass is 457 g/mol. The minimum atomic E-state index is -0.779. The second-order valence-electron chi connectivity index (χ2n) is 8.54. The Hall–Kier alpha value is -4.13. The summed E-state index contributed by atoms with van der Waals surface area (Å²) >= 11 is 0. The fourth-order valence-corrected chi connectivity index (χ4v) is 4.01. The van der Waals surface area contributed by atoms with Crippen molar-refractivity contribution in [1.29, 1.82) is 0 Å². The van der Waals surface area contributed by atoms with Crippen LogP contribution in [0.25, 0.3) is 0 Å². The van der Waals surface area contributed by atoms with Crippen LogP contribution in [0.15, 0.2) is 72.8 Å². The number of ether oxygens (including phenoxy) is 1. The zero-order chi connectivity index (χ0) is 24.2. The number of methoxy groups -OCH3 is 1. The fraction of sp³-hybridized carbons (Fsp3) is 0.222. The van der Waals surface area contributed by atoms with Gasteiger partial charge in [-0.3, -0.25) is 9.59 Å². The smallest absolute Gasteiger partial charge is 0.304 e. The predicted octanol–water partition coefficient (Wildman–Crippen LogP) is 3.09. The Morgan fingerprint density at radius 1 is 1.06 bits per heavy atom. The highest BCUT2D eigenvalue weighted by Crippen LogP contribution is 2.27. The first kappa shape index (κ1) is 23.0. The normalized spacial score (nSPS) is 18.5. The minimum Gasteiger partial charge on any atom is -0.497 e. The molecule has 1 heterocycles. The van der Waals surface area contributed by atoms with E-state index in [-0.39, 0.29) is 11.8 Å². The van der Waals surface area contributed by atoms with Crippen LogP contribution in [0.4, 0.5) is 5.69 Å². The number of carbonyl (C=O) groups excluding carboxylic acids is 2. The second-order valence-corrected chi connectivity index (χ2v) is 8.54. The molecule has 1 aliphatic heterocycles. The number of aryl methyl sites for hydroxylation is 1. The molecule has 0 unspecified atom stereocenters. The summed E-state index contributed by atoms with van der Waals surface area (Å²) in [5.74, 6) is 0.152. The van der Waals surface area contributed by atoms with Crippen molar-refractivity contribution < 1.29 is 19.0 Å². The first-order chi connectivity index (χ1) is 16.4. The molecule has 1 saturated heterocycles. The lowest BCUT2D eigenvalue weighted by atomic mass is 9.99. The van der Waals surface area contributed by atoms with Gasteiger partial charge in [-0.1, -0.05) is 17.7 Å². The summed E-state index contributed by atoms with van der Waals surface area (Å²) < 4.78 is 7.05. The Balaban J connectivity index is 1.69. The van der Waals surface area contributed by atoms with Gasteiger partial charge in [0.25, 0.3) is 5.91 Å². The highest BCUT2D eigenvalue weighted by atomic mass is 16.5. The lowest BCUT2D eigenvalue weighted by molar-refractivity contribution is -0.596. The second kappa shape index (κ2) is 9.79. The van der Waals surface area contributed by atoms with Crippen molar-refractivity contribution in [3.05, 3.63) is 95.1 Å². The van der Waals surface area contributed by atoms with Gasteiger partial charge in [0.05, 0.1) is 7.11 Å². The van der Waals surface area contributed by atoms with Crippen molar-refractivity contribution >= 4 is 23.7 Å². The van der Waals surface area contributed by atoms with Crippen LogP contribution in [0.1, 0.15) is 33.1 Å². The summed E-state index contributed by atoms with van der Waals surface area (Å²) in [6.45, 7) is 1.93. The van der Waals surface area contributed by atoms with E-state index in [9.17, 15) is 9.59 Å². The third kappa shape index (κ3) is 4.93. The molecule has 0 saturated carbocycles. The van der Waals surface area contributed by atoms with Crippen molar-refractivity contribution in [1.82, 2.24) is 10.7 Å². The van der Waals surface area contributed by atoms with Crippen LogP contribution >= 0.6 is 0 Å². The summed E-state index contributed by atoms with van der Waals surface area (Å²) in [5, 5.41) is 2.94. The van der Waals surface area contributed by atoms with Gasteiger partial charge in [0.2, 0.25) is 12.3 Å². The average Bonchev–Trinajstić information content (AvgIpc) is 3.13. The van der Waals surface area contributed by atoms with Gasteiger partial charge in [0.15, 0.2) is 6.04 Å². The van der Waals surface area contributed by atoms with Crippen LogP contribution in [-0.2, 0) is 4.79 Å². The van der Waals surface area contributed by atoms with Gasteiger partial charge < -0.3 is 15.0 Å². The van der Waals surface area contributed by atoms with E-state index in [4.69, 9.17) is 4.74 Å². The summed E-state index contributed by atoms with van der Waals surface area (Å²) in [6, 6.07) is 21.6. The number of rotatable bonds is 6. The molecule has 0 radical (unpaired) electrons. The van der Waals surface area contributed by atoms with E-state index in [0.29, 0.717) is 5.56 Å². The third-order valence-electron chi connectivity index (χ3n) is 5.86. The predicted molar refractivity (Wildman–Crippen MR) is 133 cm³/mol. The molecule has 174 valence electrons. The molecule has 2 amide bonds. The first-order valence-electron chi connectivity index (χ1n) is 11.1. The molecule has 1 fully saturated rings. The molecule has 2 atom stereocenters. The number of anilines is 1. The van der Waals surface area contributed by atoms with Crippen LogP contribution < -0.4 is 20.4 Å². The molecule has 4 rings (SSSR count). The number of nitrogens with one attached hydrogen (secondary N) is 2. The fourth-order valence-electron chi connectivity index (χ4n) is 4.01. The van der Waals surface area contributed by atoms with Crippen LogP contribution in [0, 0.1) is 6.92 Å². The molecule has 0 spiro atoms. The Kier molecular flexibility index (Phi) is 6.63. The molecule has 3 aromatic rings. The van der Waals surface area contributed by atoms with Crippen molar-refractivity contribution in [3.8, 4) is 5.75 Å². The molecule has 2 N–H and O–H groups in total. The van der Waals surface area contributed by atoms with Crippen LogP contribution in [0.3, 0.4) is 0 Å². The Morgan fingerprint density at radius 3 is 2.38 bits per heavy atom. The van der Waals surface area contributed by atoms with Gasteiger partial charge in [-0.05, 0) is 67.6 Å². The molecular weight excluding hydrogens is 428 g/mol. The summed E-state index contributed by atoms with van der Waals surface area (Å²) in [4.78, 5) is 28.1. The van der Waals surface area contributed by atoms with Crippen LogP contribution in [-0.4, -0.2) is 50.0 Å². The van der Waals surface area contributed by atoms with Crippen molar-refractivity contribution in [3.63, 3.8) is 0 Å². The molecule has 34 heavy (non-hydrogen) atoms. The minimum absolute atomic E-state index is 0.275. The standard InChI is InChI=1S/C27H28N4O3/c1-18-6-5-7-21(16-18)26(32)28-24-25(20-10-14-23(34-4)15-11-20)31(29-27(24)33)17-19-8-12-22(13-9-19)30(2)3/h5-17,24-25H,1-4H3,(H-,28,29,32,33)/p+1/t24-,25-/m1/s1. The zero-order valence-electron chi connectivity index (χ0n) is 19.8. The van der Waals surface area contributed by atoms with Gasteiger partial charge in [-0.25, -0.2) is 0 Å². The highest BCUT2D eigenvalue weighted by molar-refractivity contribution is 5.98. The van der Waals surface area contributed by atoms with E-state index >= 15 is 0 Å². The van der Waals surface area contributed by atoms with E-state index in [2.05, 4.69) is 10.7 Å². The van der Waals surface area contributed by atoms with Gasteiger partial charge in [0.1, 0.15) is 5.75 Å². The number of carbonyl (C=O) groups is 2. The van der Waals surface area contributed by atoms with Gasteiger partial charge in [-0.15, -0.1) is 10.1 Å². The average molecular weight is 458 g/mol. The maximum Gasteiger partial charge on any atom is 0.304 e. The van der Waals surface area contributed by atoms with E-state index < -0.39 is 12.1 Å². The van der Waals surface area contributed by atoms with E-state index in [0.717, 1.165) is 28.1 Å². The Morgan fingerprint density at radius 2 is 1.76 bits per heavy atom. The van der Waals surface area contributed by atoms with Gasteiger partial charge in [0, 0.05) is 36.5 Å². The van der Waals surface area contributed by atoms with E-state index in [1.165, 1.54) is 0 Å². The SMILES string of the molecule is COc1ccc([C@@H]2[C@@H](NC(=O)c3cccc(C)c3)C(=O)N/[N+]2=C\c2ccc(N(C)C)cc2)cc1. The lowest BCUT2D eigenvalue weighted by Gasteiger charge is -2.15. The summed E-state index contributed by atoms with van der Waals surface area (Å²) in [5.41, 5.74) is 7.29. The molecule has 7 heteroatoms. The quantitative estimate of drug-likeness (QED) is 0.558. The topological polar surface area (TPSA) is 73.7 Å². The molecule has 1 aliphatic rings. The number of hydrogen-bond donors (Lipinski definition) is 2. The molecule has 7 nitrogen and oxygen atoms in total.